The number of carboxylic acid groups (broad SMARTS) is 2. The third-order valence-electron chi connectivity index (χ3n) is 4.64. The highest BCUT2D eigenvalue weighted by atomic mass is 19.4. The molecule has 29 heavy (non-hydrogen) atoms. The van der Waals surface area contributed by atoms with E-state index in [2.05, 4.69) is 20.6 Å². The van der Waals surface area contributed by atoms with Crippen molar-refractivity contribution in [2.45, 2.75) is 31.5 Å². The van der Waals surface area contributed by atoms with Gasteiger partial charge in [-0.15, -0.1) is 0 Å². The number of nitrogens with zero attached hydrogens (tertiary/aromatic N) is 2. The van der Waals surface area contributed by atoms with Gasteiger partial charge in [0.2, 0.25) is 5.95 Å². The minimum Gasteiger partial charge on any atom is -0.481 e. The Balaban J connectivity index is 1.87. The van der Waals surface area contributed by atoms with E-state index in [4.69, 9.17) is 5.11 Å². The van der Waals surface area contributed by atoms with E-state index in [1.807, 2.05) is 0 Å². The van der Waals surface area contributed by atoms with Gasteiger partial charge in [0.05, 0.1) is 11.5 Å². The molecular weight excluding hydrogens is 393 g/mol. The van der Waals surface area contributed by atoms with Crippen LogP contribution in [-0.2, 0) is 11.0 Å². The quantitative estimate of drug-likeness (QED) is 0.569. The fourth-order valence-corrected chi connectivity index (χ4v) is 3.19. The molecule has 1 fully saturated rings. The highest BCUT2D eigenvalue weighted by Gasteiger charge is 2.38. The van der Waals surface area contributed by atoms with E-state index in [0.29, 0.717) is 31.1 Å². The maximum atomic E-state index is 13.3. The fraction of sp³-hybridized carbons (Fsp3) is 0.333. The second kappa shape index (κ2) is 7.94. The first-order chi connectivity index (χ1) is 13.6. The molecule has 0 saturated heterocycles. The number of carbonyl (C=O) groups is 2. The minimum atomic E-state index is -4.72. The van der Waals surface area contributed by atoms with Crippen molar-refractivity contribution in [1.82, 2.24) is 9.97 Å². The van der Waals surface area contributed by atoms with Crippen LogP contribution in [0.3, 0.4) is 0 Å². The van der Waals surface area contributed by atoms with E-state index in [1.54, 1.807) is 0 Å². The van der Waals surface area contributed by atoms with E-state index < -0.39 is 41.5 Å². The predicted octanol–water partition coefficient (Wildman–Crippen LogP) is 3.60. The second-order valence-corrected chi connectivity index (χ2v) is 6.59. The van der Waals surface area contributed by atoms with Crippen LogP contribution in [-0.4, -0.2) is 38.2 Å². The van der Waals surface area contributed by atoms with Gasteiger partial charge in [0.15, 0.2) is 0 Å². The van der Waals surface area contributed by atoms with Crippen LogP contribution in [0.5, 0.6) is 0 Å². The maximum absolute atomic E-state index is 13.3. The molecule has 1 aromatic heterocycles. The van der Waals surface area contributed by atoms with E-state index in [9.17, 15) is 27.9 Å². The molecule has 2 aromatic rings. The van der Waals surface area contributed by atoms with Gasteiger partial charge in [-0.05, 0) is 37.1 Å². The summed E-state index contributed by atoms with van der Waals surface area (Å²) in [6, 6.07) is 4.82. The highest BCUT2D eigenvalue weighted by Crippen LogP contribution is 2.36. The van der Waals surface area contributed by atoms with Crippen molar-refractivity contribution in [2.24, 2.45) is 5.92 Å². The molecule has 0 radical (unpaired) electrons. The smallest absolute Gasteiger partial charge is 0.421 e. The Bertz CT molecular complexity index is 918. The summed E-state index contributed by atoms with van der Waals surface area (Å²) < 4.78 is 40.0. The Hall–Kier alpha value is -3.37. The van der Waals surface area contributed by atoms with Crippen LogP contribution in [0, 0.1) is 5.92 Å². The van der Waals surface area contributed by atoms with Crippen molar-refractivity contribution >= 4 is 29.4 Å². The number of rotatable bonds is 6. The fourth-order valence-electron chi connectivity index (χ4n) is 3.19. The molecule has 0 spiro atoms. The topological polar surface area (TPSA) is 124 Å². The van der Waals surface area contributed by atoms with Gasteiger partial charge in [0.1, 0.15) is 11.4 Å². The number of anilines is 3. The molecular formula is C18H17F3N4O4. The van der Waals surface area contributed by atoms with Gasteiger partial charge in [-0.25, -0.2) is 9.78 Å². The van der Waals surface area contributed by atoms with Gasteiger partial charge in [0.25, 0.3) is 0 Å². The molecule has 4 N–H and O–H groups in total. The molecule has 0 bridgehead atoms. The third-order valence-corrected chi connectivity index (χ3v) is 4.64. The molecule has 2 atom stereocenters. The second-order valence-electron chi connectivity index (χ2n) is 6.59. The van der Waals surface area contributed by atoms with Crippen molar-refractivity contribution in [3.8, 4) is 0 Å². The molecule has 1 saturated carbocycles. The first-order valence-electron chi connectivity index (χ1n) is 8.69. The Morgan fingerprint density at radius 3 is 2.38 bits per heavy atom. The lowest BCUT2D eigenvalue weighted by Crippen LogP contribution is -2.31. The van der Waals surface area contributed by atoms with Gasteiger partial charge in [-0.2, -0.15) is 18.2 Å². The molecule has 0 amide bonds. The van der Waals surface area contributed by atoms with Crippen LogP contribution < -0.4 is 10.6 Å². The van der Waals surface area contributed by atoms with Crippen molar-refractivity contribution in [3.63, 3.8) is 0 Å². The van der Waals surface area contributed by atoms with Crippen molar-refractivity contribution < 1.29 is 33.0 Å². The summed E-state index contributed by atoms with van der Waals surface area (Å²) in [6.45, 7) is 0. The summed E-state index contributed by atoms with van der Waals surface area (Å²) in [7, 11) is 0. The van der Waals surface area contributed by atoms with Crippen LogP contribution >= 0.6 is 0 Å². The van der Waals surface area contributed by atoms with Crippen LogP contribution in [0.2, 0.25) is 0 Å². The summed E-state index contributed by atoms with van der Waals surface area (Å²) in [4.78, 5) is 29.8. The van der Waals surface area contributed by atoms with Crippen LogP contribution in [0.1, 0.15) is 35.2 Å². The zero-order valence-corrected chi connectivity index (χ0v) is 14.9. The zero-order chi connectivity index (χ0) is 21.2. The lowest BCUT2D eigenvalue weighted by atomic mass is 10.0. The molecule has 0 aliphatic heterocycles. The molecule has 11 heteroatoms. The average molecular weight is 410 g/mol. The lowest BCUT2D eigenvalue weighted by molar-refractivity contribution is -0.141. The number of nitrogens with one attached hydrogen (secondary N) is 2. The molecule has 8 nitrogen and oxygen atoms in total. The summed E-state index contributed by atoms with van der Waals surface area (Å²) >= 11 is 0. The number of hydrogen-bond donors (Lipinski definition) is 4. The van der Waals surface area contributed by atoms with Crippen molar-refractivity contribution in [1.29, 1.82) is 0 Å². The number of hydrogen-bond acceptors (Lipinski definition) is 6. The number of benzene rings is 1. The molecule has 1 aromatic carbocycles. The Labute approximate surface area is 162 Å². The average Bonchev–Trinajstić information content (AvgIpc) is 3.10. The maximum Gasteiger partial charge on any atom is 0.421 e. The molecule has 1 aliphatic rings. The Morgan fingerprint density at radius 1 is 1.10 bits per heavy atom. The number of aromatic nitrogens is 2. The van der Waals surface area contributed by atoms with E-state index >= 15 is 0 Å². The van der Waals surface area contributed by atoms with Crippen molar-refractivity contribution in [2.75, 3.05) is 10.6 Å². The largest absolute Gasteiger partial charge is 0.481 e. The Morgan fingerprint density at radius 2 is 1.79 bits per heavy atom. The molecule has 3 rings (SSSR count). The van der Waals surface area contributed by atoms with Gasteiger partial charge < -0.3 is 20.8 Å². The monoisotopic (exact) mass is 410 g/mol. The van der Waals surface area contributed by atoms with E-state index in [-0.39, 0.29) is 11.5 Å². The SMILES string of the molecule is O=C(O)c1ccc(Nc2ncc(C(F)(F)F)c(N[C@@H]3CCC[C@@H]3C(=O)O)n2)cc1. The first-order valence-corrected chi connectivity index (χ1v) is 8.69. The van der Waals surface area contributed by atoms with Gasteiger partial charge in [-0.1, -0.05) is 6.42 Å². The van der Waals surface area contributed by atoms with Crippen molar-refractivity contribution in [3.05, 3.63) is 41.6 Å². The normalized spacial score (nSPS) is 19.0. The standard InChI is InChI=1S/C18H17F3N4O4/c19-18(20,21)12-8-22-17(23-10-6-4-9(5-7-10)15(26)27)25-14(12)24-13-3-1-2-11(13)16(28)29/h4-8,11,13H,1-3H2,(H,26,27)(H,28,29)(H2,22,23,24,25)/t11-,13+/m0/s1. The molecule has 1 heterocycles. The predicted molar refractivity (Wildman–Crippen MR) is 96.1 cm³/mol. The number of aromatic carboxylic acids is 1. The summed E-state index contributed by atoms with van der Waals surface area (Å²) in [6.07, 6.45) is -2.73. The third kappa shape index (κ3) is 4.73. The lowest BCUT2D eigenvalue weighted by Gasteiger charge is -2.21. The van der Waals surface area contributed by atoms with E-state index in [0.717, 1.165) is 0 Å². The van der Waals surface area contributed by atoms with Gasteiger partial charge >= 0.3 is 18.1 Å². The molecule has 0 unspecified atom stereocenters. The van der Waals surface area contributed by atoms with Gasteiger partial charge in [0, 0.05) is 17.9 Å². The van der Waals surface area contributed by atoms with E-state index in [1.165, 1.54) is 24.3 Å². The summed E-state index contributed by atoms with van der Waals surface area (Å²) in [5, 5.41) is 23.5. The Kier molecular flexibility index (Phi) is 5.57. The minimum absolute atomic E-state index is 0.0483. The van der Waals surface area contributed by atoms with Crippen LogP contribution in [0.4, 0.5) is 30.6 Å². The number of aliphatic carboxylic acids is 1. The summed E-state index contributed by atoms with van der Waals surface area (Å²) in [5.74, 6) is -3.63. The first kappa shape index (κ1) is 20.4. The highest BCUT2D eigenvalue weighted by molar-refractivity contribution is 5.88. The van der Waals surface area contributed by atoms with Crippen LogP contribution in [0.25, 0.3) is 0 Å². The zero-order valence-electron chi connectivity index (χ0n) is 14.9. The molecule has 154 valence electrons. The van der Waals surface area contributed by atoms with Crippen LogP contribution in [0.15, 0.2) is 30.5 Å². The number of carboxylic acids is 2. The number of alkyl halides is 3. The van der Waals surface area contributed by atoms with Gasteiger partial charge in [-0.3, -0.25) is 4.79 Å². The summed E-state index contributed by atoms with van der Waals surface area (Å²) in [5.41, 5.74) is -0.669. The number of halogens is 3. The molecule has 1 aliphatic carbocycles.